The molecule has 0 aliphatic rings. The van der Waals surface area contributed by atoms with Crippen LogP contribution in [0.4, 0.5) is 15.8 Å². The SMILES string of the molecule is CCCNc1ccc(C(=O)Nc2ccc(F)cc2C)cc1. The van der Waals surface area contributed by atoms with Crippen molar-refractivity contribution in [1.82, 2.24) is 0 Å². The lowest BCUT2D eigenvalue weighted by molar-refractivity contribution is 0.102. The van der Waals surface area contributed by atoms with Gasteiger partial charge in [0, 0.05) is 23.5 Å². The fourth-order valence-electron chi connectivity index (χ4n) is 1.97. The van der Waals surface area contributed by atoms with E-state index in [2.05, 4.69) is 17.6 Å². The standard InChI is InChI=1S/C17H19FN2O/c1-3-10-19-15-7-4-13(5-8-15)17(21)20-16-9-6-14(18)11-12(16)2/h4-9,11,19H,3,10H2,1-2H3,(H,20,21). The van der Waals surface area contributed by atoms with Gasteiger partial charge in [0.25, 0.3) is 5.91 Å². The predicted octanol–water partition coefficient (Wildman–Crippen LogP) is 4.21. The van der Waals surface area contributed by atoms with Gasteiger partial charge in [0.15, 0.2) is 0 Å². The van der Waals surface area contributed by atoms with Crippen LogP contribution < -0.4 is 10.6 Å². The van der Waals surface area contributed by atoms with E-state index in [0.29, 0.717) is 16.8 Å². The van der Waals surface area contributed by atoms with Crippen LogP contribution >= 0.6 is 0 Å². The first-order valence-electron chi connectivity index (χ1n) is 7.01. The lowest BCUT2D eigenvalue weighted by Crippen LogP contribution is -2.13. The maximum absolute atomic E-state index is 13.0. The number of benzene rings is 2. The molecule has 1 amide bonds. The van der Waals surface area contributed by atoms with Crippen molar-refractivity contribution in [3.05, 3.63) is 59.4 Å². The van der Waals surface area contributed by atoms with Crippen molar-refractivity contribution in [3.8, 4) is 0 Å². The molecule has 21 heavy (non-hydrogen) atoms. The number of anilines is 2. The molecule has 0 fully saturated rings. The third-order valence-corrected chi connectivity index (χ3v) is 3.16. The summed E-state index contributed by atoms with van der Waals surface area (Å²) in [5.74, 6) is -0.511. The van der Waals surface area contributed by atoms with Gasteiger partial charge in [-0.25, -0.2) is 4.39 Å². The molecule has 3 nitrogen and oxygen atoms in total. The van der Waals surface area contributed by atoms with Gasteiger partial charge in [-0.15, -0.1) is 0 Å². The second kappa shape index (κ2) is 6.88. The highest BCUT2D eigenvalue weighted by Gasteiger charge is 2.08. The summed E-state index contributed by atoms with van der Waals surface area (Å²) in [6.07, 6.45) is 1.05. The number of carbonyl (C=O) groups excluding carboxylic acids is 1. The van der Waals surface area contributed by atoms with Crippen LogP contribution in [0.3, 0.4) is 0 Å². The van der Waals surface area contributed by atoms with Gasteiger partial charge in [0.2, 0.25) is 0 Å². The second-order valence-electron chi connectivity index (χ2n) is 4.92. The summed E-state index contributed by atoms with van der Waals surface area (Å²) in [6, 6.07) is 11.6. The molecule has 2 rings (SSSR count). The lowest BCUT2D eigenvalue weighted by Gasteiger charge is -2.09. The Labute approximate surface area is 124 Å². The van der Waals surface area contributed by atoms with Crippen LogP contribution in [0.1, 0.15) is 29.3 Å². The second-order valence-corrected chi connectivity index (χ2v) is 4.92. The molecule has 0 aromatic heterocycles. The average Bonchev–Trinajstić information content (AvgIpc) is 2.48. The highest BCUT2D eigenvalue weighted by molar-refractivity contribution is 6.04. The molecule has 0 aliphatic heterocycles. The topological polar surface area (TPSA) is 41.1 Å². The maximum atomic E-state index is 13.0. The number of halogens is 1. The number of carbonyl (C=O) groups is 1. The number of hydrogen-bond acceptors (Lipinski definition) is 2. The minimum absolute atomic E-state index is 0.202. The Morgan fingerprint density at radius 3 is 2.48 bits per heavy atom. The Morgan fingerprint density at radius 2 is 1.86 bits per heavy atom. The third kappa shape index (κ3) is 4.05. The van der Waals surface area contributed by atoms with Crippen LogP contribution in [0.5, 0.6) is 0 Å². The first kappa shape index (κ1) is 15.0. The molecule has 2 aromatic rings. The van der Waals surface area contributed by atoms with Crippen molar-refractivity contribution >= 4 is 17.3 Å². The third-order valence-electron chi connectivity index (χ3n) is 3.16. The van der Waals surface area contributed by atoms with E-state index in [-0.39, 0.29) is 11.7 Å². The molecule has 4 heteroatoms. The lowest BCUT2D eigenvalue weighted by atomic mass is 10.1. The summed E-state index contributed by atoms with van der Waals surface area (Å²) in [6.45, 7) is 4.76. The molecule has 0 bridgehead atoms. The van der Waals surface area contributed by atoms with Crippen LogP contribution in [0.15, 0.2) is 42.5 Å². The zero-order valence-corrected chi connectivity index (χ0v) is 12.2. The summed E-state index contributed by atoms with van der Waals surface area (Å²) < 4.78 is 13.0. The summed E-state index contributed by atoms with van der Waals surface area (Å²) >= 11 is 0. The molecule has 0 radical (unpaired) electrons. The normalized spacial score (nSPS) is 10.2. The first-order chi connectivity index (χ1) is 10.1. The van der Waals surface area contributed by atoms with Crippen LogP contribution in [0.2, 0.25) is 0 Å². The minimum Gasteiger partial charge on any atom is -0.385 e. The number of hydrogen-bond donors (Lipinski definition) is 2. The molecule has 0 saturated heterocycles. The van der Waals surface area contributed by atoms with Crippen molar-refractivity contribution in [2.24, 2.45) is 0 Å². The Balaban J connectivity index is 2.06. The van der Waals surface area contributed by atoms with Gasteiger partial charge in [0.05, 0.1) is 0 Å². The minimum atomic E-state index is -0.308. The largest absolute Gasteiger partial charge is 0.385 e. The summed E-state index contributed by atoms with van der Waals surface area (Å²) in [5, 5.41) is 6.04. The van der Waals surface area contributed by atoms with E-state index in [1.54, 1.807) is 25.1 Å². The molecule has 110 valence electrons. The molecule has 0 heterocycles. The molecule has 2 aromatic carbocycles. The molecule has 0 unspecified atom stereocenters. The summed E-state index contributed by atoms with van der Waals surface area (Å²) in [7, 11) is 0. The Bertz CT molecular complexity index is 623. The van der Waals surface area contributed by atoms with Crippen molar-refractivity contribution < 1.29 is 9.18 Å². The predicted molar refractivity (Wildman–Crippen MR) is 84.3 cm³/mol. The first-order valence-corrected chi connectivity index (χ1v) is 7.01. The zero-order chi connectivity index (χ0) is 15.2. The zero-order valence-electron chi connectivity index (χ0n) is 12.2. The molecular weight excluding hydrogens is 267 g/mol. The van der Waals surface area contributed by atoms with E-state index < -0.39 is 0 Å². The molecule has 0 aliphatic carbocycles. The van der Waals surface area contributed by atoms with Crippen LogP contribution in [-0.2, 0) is 0 Å². The van der Waals surface area contributed by atoms with Gasteiger partial charge < -0.3 is 10.6 Å². The Kier molecular flexibility index (Phi) is 4.93. The van der Waals surface area contributed by atoms with Crippen molar-refractivity contribution in [2.75, 3.05) is 17.2 Å². The van der Waals surface area contributed by atoms with Crippen LogP contribution in [-0.4, -0.2) is 12.5 Å². The fraction of sp³-hybridized carbons (Fsp3) is 0.235. The van der Waals surface area contributed by atoms with Crippen LogP contribution in [0.25, 0.3) is 0 Å². The van der Waals surface area contributed by atoms with E-state index in [9.17, 15) is 9.18 Å². The van der Waals surface area contributed by atoms with Crippen molar-refractivity contribution in [2.45, 2.75) is 20.3 Å². The fourth-order valence-corrected chi connectivity index (χ4v) is 1.97. The van der Waals surface area contributed by atoms with Gasteiger partial charge in [-0.2, -0.15) is 0 Å². The van der Waals surface area contributed by atoms with Gasteiger partial charge in [-0.1, -0.05) is 6.92 Å². The van der Waals surface area contributed by atoms with E-state index in [1.165, 1.54) is 12.1 Å². The highest BCUT2D eigenvalue weighted by atomic mass is 19.1. The number of aryl methyl sites for hydroxylation is 1. The number of amides is 1. The maximum Gasteiger partial charge on any atom is 0.255 e. The number of nitrogens with one attached hydrogen (secondary N) is 2. The molecule has 0 spiro atoms. The van der Waals surface area contributed by atoms with Crippen LogP contribution in [0, 0.1) is 12.7 Å². The molecule has 0 atom stereocenters. The van der Waals surface area contributed by atoms with E-state index in [4.69, 9.17) is 0 Å². The highest BCUT2D eigenvalue weighted by Crippen LogP contribution is 2.17. The Hall–Kier alpha value is -2.36. The van der Waals surface area contributed by atoms with E-state index >= 15 is 0 Å². The van der Waals surface area contributed by atoms with Crippen molar-refractivity contribution in [1.29, 1.82) is 0 Å². The van der Waals surface area contributed by atoms with Gasteiger partial charge in [0.1, 0.15) is 5.82 Å². The van der Waals surface area contributed by atoms with E-state index in [1.807, 2.05) is 12.1 Å². The summed E-state index contributed by atoms with van der Waals surface area (Å²) in [4.78, 5) is 12.2. The van der Waals surface area contributed by atoms with Crippen molar-refractivity contribution in [3.63, 3.8) is 0 Å². The molecule has 2 N–H and O–H groups in total. The monoisotopic (exact) mass is 286 g/mol. The average molecular weight is 286 g/mol. The quantitative estimate of drug-likeness (QED) is 0.864. The number of rotatable bonds is 5. The molecule has 0 saturated carbocycles. The molecular formula is C17H19FN2O. The van der Waals surface area contributed by atoms with Gasteiger partial charge >= 0.3 is 0 Å². The summed E-state index contributed by atoms with van der Waals surface area (Å²) in [5.41, 5.74) is 2.88. The Morgan fingerprint density at radius 1 is 1.14 bits per heavy atom. The van der Waals surface area contributed by atoms with Gasteiger partial charge in [-0.3, -0.25) is 4.79 Å². The smallest absolute Gasteiger partial charge is 0.255 e. The van der Waals surface area contributed by atoms with E-state index in [0.717, 1.165) is 18.7 Å². The van der Waals surface area contributed by atoms with Gasteiger partial charge in [-0.05, 0) is 61.4 Å².